The smallest absolute Gasteiger partial charge is 0.226 e. The molecule has 0 unspecified atom stereocenters. The first-order chi connectivity index (χ1) is 13.4. The lowest BCUT2D eigenvalue weighted by Gasteiger charge is -2.37. The molecule has 2 aliphatic heterocycles. The molecule has 5 nitrogen and oxygen atoms in total. The lowest BCUT2D eigenvalue weighted by atomic mass is 9.93. The van der Waals surface area contributed by atoms with Gasteiger partial charge in [-0.3, -0.25) is 0 Å². The fourth-order valence-electron chi connectivity index (χ4n) is 4.69. The molecule has 0 saturated carbocycles. The van der Waals surface area contributed by atoms with Crippen LogP contribution in [0, 0.1) is 13.8 Å². The van der Waals surface area contributed by atoms with E-state index >= 15 is 0 Å². The molecule has 4 rings (SSSR count). The lowest BCUT2D eigenvalue weighted by Crippen LogP contribution is -2.47. The van der Waals surface area contributed by atoms with Crippen LogP contribution in [0.25, 0.3) is 10.9 Å². The predicted molar refractivity (Wildman–Crippen MR) is 115 cm³/mol. The van der Waals surface area contributed by atoms with Crippen molar-refractivity contribution in [3.63, 3.8) is 0 Å². The first-order valence-corrected chi connectivity index (χ1v) is 10.8. The summed E-state index contributed by atoms with van der Waals surface area (Å²) in [6.45, 7) is 11.5. The van der Waals surface area contributed by atoms with Gasteiger partial charge in [0.1, 0.15) is 0 Å². The first kappa shape index (κ1) is 19.6. The Bertz CT molecular complexity index is 835. The van der Waals surface area contributed by atoms with Gasteiger partial charge in [0.05, 0.1) is 16.8 Å². The Kier molecular flexibility index (Phi) is 5.57. The van der Waals surface area contributed by atoms with Crippen molar-refractivity contribution in [3.8, 4) is 0 Å². The largest absolute Gasteiger partial charge is 0.375 e. The van der Waals surface area contributed by atoms with E-state index in [1.54, 1.807) is 0 Å². The average molecular weight is 383 g/mol. The summed E-state index contributed by atoms with van der Waals surface area (Å²) < 4.78 is 5.87. The Morgan fingerprint density at radius 3 is 2.75 bits per heavy atom. The molecule has 0 amide bonds. The highest BCUT2D eigenvalue weighted by Gasteiger charge is 2.30. The minimum atomic E-state index is 0.00126. The number of ether oxygens (including phenoxy) is 1. The number of aromatic nitrogens is 2. The van der Waals surface area contributed by atoms with Gasteiger partial charge in [-0.1, -0.05) is 12.1 Å². The molecule has 1 aromatic heterocycles. The van der Waals surface area contributed by atoms with Crippen LogP contribution in [0.15, 0.2) is 18.2 Å². The SMILES string of the molecule is Cc1ccc2c(C)nc(N3CCC[C@H](N[C@H]4CCOC(C)(C)C4)CC3)nc2c1. The first-order valence-electron chi connectivity index (χ1n) is 10.8. The zero-order valence-electron chi connectivity index (χ0n) is 17.8. The van der Waals surface area contributed by atoms with Crippen LogP contribution in [0.5, 0.6) is 0 Å². The van der Waals surface area contributed by atoms with E-state index < -0.39 is 0 Å². The third-order valence-electron chi connectivity index (χ3n) is 6.21. The molecule has 1 aromatic carbocycles. The molecule has 0 spiro atoms. The maximum absolute atomic E-state index is 5.87. The zero-order chi connectivity index (χ0) is 19.7. The standard InChI is InChI=1S/C23H34N4O/c1-16-7-8-20-17(2)24-22(26-21(20)14-16)27-11-5-6-18(9-12-27)25-19-10-13-28-23(3,4)15-19/h7-8,14,18-19,25H,5-6,9-13,15H2,1-4H3/t18-,19-/m0/s1. The van der Waals surface area contributed by atoms with Crippen LogP contribution in [0.4, 0.5) is 5.95 Å². The third-order valence-corrected chi connectivity index (χ3v) is 6.21. The summed E-state index contributed by atoms with van der Waals surface area (Å²) in [6.07, 6.45) is 5.76. The second kappa shape index (κ2) is 7.96. The van der Waals surface area contributed by atoms with Crippen LogP contribution in [0.1, 0.15) is 57.2 Å². The van der Waals surface area contributed by atoms with Gasteiger partial charge in [0.25, 0.3) is 0 Å². The molecule has 2 aliphatic rings. The number of nitrogens with zero attached hydrogens (tertiary/aromatic N) is 3. The minimum absolute atomic E-state index is 0.00126. The zero-order valence-corrected chi connectivity index (χ0v) is 17.8. The van der Waals surface area contributed by atoms with E-state index in [-0.39, 0.29) is 5.60 Å². The summed E-state index contributed by atoms with van der Waals surface area (Å²) in [5.74, 6) is 0.892. The van der Waals surface area contributed by atoms with Gasteiger partial charge in [-0.15, -0.1) is 0 Å². The molecular weight excluding hydrogens is 348 g/mol. The van der Waals surface area contributed by atoms with E-state index in [0.29, 0.717) is 12.1 Å². The van der Waals surface area contributed by atoms with Crippen molar-refractivity contribution in [1.82, 2.24) is 15.3 Å². The highest BCUT2D eigenvalue weighted by atomic mass is 16.5. The molecular formula is C23H34N4O. The number of aryl methyl sites for hydroxylation is 2. The van der Waals surface area contributed by atoms with E-state index in [0.717, 1.165) is 61.5 Å². The van der Waals surface area contributed by atoms with Gasteiger partial charge in [0, 0.05) is 37.2 Å². The molecule has 1 N–H and O–H groups in total. The van der Waals surface area contributed by atoms with E-state index in [4.69, 9.17) is 14.7 Å². The maximum atomic E-state index is 5.87. The van der Waals surface area contributed by atoms with E-state index in [2.05, 4.69) is 56.1 Å². The minimum Gasteiger partial charge on any atom is -0.375 e. The highest BCUT2D eigenvalue weighted by molar-refractivity contribution is 5.82. The quantitative estimate of drug-likeness (QED) is 0.864. The second-order valence-corrected chi connectivity index (χ2v) is 9.21. The maximum Gasteiger partial charge on any atom is 0.226 e. The van der Waals surface area contributed by atoms with Gasteiger partial charge in [-0.2, -0.15) is 0 Å². The number of hydrogen-bond donors (Lipinski definition) is 1. The van der Waals surface area contributed by atoms with Crippen LogP contribution < -0.4 is 10.2 Å². The van der Waals surface area contributed by atoms with E-state index in [1.807, 2.05) is 0 Å². The van der Waals surface area contributed by atoms with Crippen molar-refractivity contribution >= 4 is 16.9 Å². The fraction of sp³-hybridized carbons (Fsp3) is 0.652. The molecule has 0 bridgehead atoms. The Balaban J connectivity index is 1.43. The summed E-state index contributed by atoms with van der Waals surface area (Å²) >= 11 is 0. The van der Waals surface area contributed by atoms with Crippen LogP contribution in [0.2, 0.25) is 0 Å². The molecule has 2 fully saturated rings. The van der Waals surface area contributed by atoms with Crippen molar-refractivity contribution in [3.05, 3.63) is 29.5 Å². The summed E-state index contributed by atoms with van der Waals surface area (Å²) in [5, 5.41) is 5.08. The molecule has 0 radical (unpaired) electrons. The summed E-state index contributed by atoms with van der Waals surface area (Å²) in [7, 11) is 0. The van der Waals surface area contributed by atoms with Crippen molar-refractivity contribution in [2.24, 2.45) is 0 Å². The summed E-state index contributed by atoms with van der Waals surface area (Å²) in [4.78, 5) is 12.1. The molecule has 2 aromatic rings. The van der Waals surface area contributed by atoms with Gasteiger partial charge >= 0.3 is 0 Å². The Hall–Kier alpha value is -1.72. The van der Waals surface area contributed by atoms with Crippen molar-refractivity contribution in [2.45, 2.75) is 77.5 Å². The van der Waals surface area contributed by atoms with E-state index in [1.165, 1.54) is 18.4 Å². The predicted octanol–water partition coefficient (Wildman–Crippen LogP) is 4.15. The van der Waals surface area contributed by atoms with Crippen molar-refractivity contribution in [2.75, 3.05) is 24.6 Å². The molecule has 152 valence electrons. The van der Waals surface area contributed by atoms with Crippen LogP contribution >= 0.6 is 0 Å². The highest BCUT2D eigenvalue weighted by Crippen LogP contribution is 2.26. The van der Waals surface area contributed by atoms with Gasteiger partial charge in [0.15, 0.2) is 0 Å². The molecule has 2 atom stereocenters. The number of hydrogen-bond acceptors (Lipinski definition) is 5. The monoisotopic (exact) mass is 382 g/mol. The Morgan fingerprint density at radius 1 is 1.07 bits per heavy atom. The average Bonchev–Trinajstić information content (AvgIpc) is 2.86. The summed E-state index contributed by atoms with van der Waals surface area (Å²) in [5.41, 5.74) is 3.38. The number of anilines is 1. The van der Waals surface area contributed by atoms with Crippen molar-refractivity contribution < 1.29 is 4.74 Å². The number of benzene rings is 1. The molecule has 0 aliphatic carbocycles. The number of nitrogens with one attached hydrogen (secondary N) is 1. The number of fused-ring (bicyclic) bond motifs is 1. The number of rotatable bonds is 3. The molecule has 3 heterocycles. The van der Waals surface area contributed by atoms with E-state index in [9.17, 15) is 0 Å². The Morgan fingerprint density at radius 2 is 1.93 bits per heavy atom. The van der Waals surface area contributed by atoms with Gasteiger partial charge in [0.2, 0.25) is 5.95 Å². The van der Waals surface area contributed by atoms with Gasteiger partial charge in [-0.05, 0) is 71.4 Å². The van der Waals surface area contributed by atoms with Crippen molar-refractivity contribution in [1.29, 1.82) is 0 Å². The molecule has 5 heteroatoms. The Labute approximate surface area is 168 Å². The fourth-order valence-corrected chi connectivity index (χ4v) is 4.69. The molecule has 2 saturated heterocycles. The lowest BCUT2D eigenvalue weighted by molar-refractivity contribution is -0.0642. The normalized spacial score (nSPS) is 25.6. The van der Waals surface area contributed by atoms with Gasteiger partial charge in [-0.25, -0.2) is 9.97 Å². The van der Waals surface area contributed by atoms with Crippen LogP contribution in [-0.4, -0.2) is 47.3 Å². The summed E-state index contributed by atoms with van der Waals surface area (Å²) in [6, 6.07) is 7.59. The third kappa shape index (κ3) is 4.47. The van der Waals surface area contributed by atoms with Crippen LogP contribution in [0.3, 0.4) is 0 Å². The topological polar surface area (TPSA) is 50.3 Å². The van der Waals surface area contributed by atoms with Crippen LogP contribution in [-0.2, 0) is 4.74 Å². The van der Waals surface area contributed by atoms with Gasteiger partial charge < -0.3 is 15.0 Å². The molecule has 28 heavy (non-hydrogen) atoms. The second-order valence-electron chi connectivity index (χ2n) is 9.21.